The van der Waals surface area contributed by atoms with Crippen molar-refractivity contribution in [2.24, 2.45) is 0 Å². The first-order chi connectivity index (χ1) is 16.9. The summed E-state index contributed by atoms with van der Waals surface area (Å²) in [7, 11) is 0. The molecule has 35 heavy (non-hydrogen) atoms. The summed E-state index contributed by atoms with van der Waals surface area (Å²) >= 11 is 0. The molecule has 4 N–H and O–H groups in total. The summed E-state index contributed by atoms with van der Waals surface area (Å²) < 4.78 is 8.02. The Morgan fingerprint density at radius 2 is 2.06 bits per heavy atom. The van der Waals surface area contributed by atoms with E-state index in [-0.39, 0.29) is 23.6 Å². The monoisotopic (exact) mass is 469 g/mol. The van der Waals surface area contributed by atoms with Crippen LogP contribution in [0.4, 0.5) is 10.5 Å². The molecule has 2 aromatic heterocycles. The average molecular weight is 470 g/mol. The van der Waals surface area contributed by atoms with Crippen molar-refractivity contribution < 1.29 is 14.3 Å². The molecular weight excluding hydrogens is 446 g/mol. The number of nitrogens with zero attached hydrogens (tertiary/aromatic N) is 3. The number of fused-ring (bicyclic) bond motifs is 3. The Bertz CT molecular complexity index is 1630. The number of hydrogen-bond acceptors (Lipinski definition) is 6. The predicted octanol–water partition coefficient (Wildman–Crippen LogP) is 4.42. The van der Waals surface area contributed by atoms with E-state index in [0.717, 1.165) is 40.4 Å². The third-order valence-corrected chi connectivity index (χ3v) is 7.19. The number of nitrogens with one attached hydrogen (secondary N) is 1. The highest BCUT2D eigenvalue weighted by molar-refractivity contribution is 6.04. The molecule has 6 rings (SSSR count). The summed E-state index contributed by atoms with van der Waals surface area (Å²) in [4.78, 5) is 29.1. The second-order valence-electron chi connectivity index (χ2n) is 9.50. The van der Waals surface area contributed by atoms with Crippen LogP contribution >= 0.6 is 0 Å². The molecule has 0 radical (unpaired) electrons. The minimum atomic E-state index is -1.04. The fourth-order valence-electron chi connectivity index (χ4n) is 5.17. The maximum Gasteiger partial charge on any atom is 0.404 e. The largest absolute Gasteiger partial charge is 0.465 e. The van der Waals surface area contributed by atoms with Gasteiger partial charge < -0.3 is 25.1 Å². The van der Waals surface area contributed by atoms with Crippen LogP contribution in [0.1, 0.15) is 54.7 Å². The molecular formula is C26H23N5O4. The quantitative estimate of drug-likeness (QED) is 0.375. The van der Waals surface area contributed by atoms with Gasteiger partial charge in [-0.2, -0.15) is 5.26 Å². The summed E-state index contributed by atoms with van der Waals surface area (Å²) in [6.45, 7) is 1.98. The van der Waals surface area contributed by atoms with Crippen LogP contribution < -0.4 is 16.6 Å². The number of pyridine rings is 1. The number of carbonyl (C=O) groups is 1. The highest BCUT2D eigenvalue weighted by atomic mass is 16.4. The van der Waals surface area contributed by atoms with E-state index in [2.05, 4.69) is 16.4 Å². The molecule has 0 saturated heterocycles. The third-order valence-electron chi connectivity index (χ3n) is 7.19. The number of nitrogen functional groups attached to an aromatic ring is 1. The number of aromatic nitrogens is 2. The summed E-state index contributed by atoms with van der Waals surface area (Å²) in [6.07, 6.45) is 2.00. The lowest BCUT2D eigenvalue weighted by molar-refractivity contribution is 0.174. The molecule has 2 heterocycles. The molecule has 2 aliphatic rings. The molecule has 9 nitrogen and oxygen atoms in total. The number of amides is 1. The molecule has 0 unspecified atom stereocenters. The van der Waals surface area contributed by atoms with Crippen LogP contribution in [0.3, 0.4) is 0 Å². The number of hydrogen-bond donors (Lipinski definition) is 3. The lowest BCUT2D eigenvalue weighted by Gasteiger charge is -2.32. The van der Waals surface area contributed by atoms with Gasteiger partial charge in [-0.05, 0) is 67.5 Å². The van der Waals surface area contributed by atoms with Crippen molar-refractivity contribution in [2.75, 3.05) is 5.73 Å². The Morgan fingerprint density at radius 1 is 1.29 bits per heavy atom. The van der Waals surface area contributed by atoms with E-state index >= 15 is 0 Å². The summed E-state index contributed by atoms with van der Waals surface area (Å²) in [5.41, 5.74) is 10.9. The number of carboxylic acid groups (broad SMARTS) is 1. The van der Waals surface area contributed by atoms with Crippen molar-refractivity contribution in [2.45, 2.75) is 50.6 Å². The van der Waals surface area contributed by atoms with Crippen molar-refractivity contribution in [3.63, 3.8) is 0 Å². The van der Waals surface area contributed by atoms with Crippen LogP contribution in [-0.2, 0) is 0 Å². The van der Waals surface area contributed by atoms with Gasteiger partial charge in [-0.15, -0.1) is 0 Å². The fraction of sp³-hybridized carbons (Fsp3) is 0.308. The van der Waals surface area contributed by atoms with Crippen molar-refractivity contribution in [1.29, 1.82) is 5.26 Å². The zero-order valence-electron chi connectivity index (χ0n) is 19.0. The van der Waals surface area contributed by atoms with Gasteiger partial charge >= 0.3 is 6.09 Å². The SMILES string of the molecule is Cc1c(-c2ccc(N)c(C#N)c2)ccc2c3oc(C4CC(NC(=O)O)C4)nc3c(=O)n(C3CC3)c12. The van der Waals surface area contributed by atoms with Gasteiger partial charge in [0.1, 0.15) is 6.07 Å². The van der Waals surface area contributed by atoms with Gasteiger partial charge in [-0.1, -0.05) is 12.1 Å². The second-order valence-corrected chi connectivity index (χ2v) is 9.50. The topological polar surface area (TPSA) is 147 Å². The van der Waals surface area contributed by atoms with Crippen LogP contribution in [0, 0.1) is 18.3 Å². The van der Waals surface area contributed by atoms with Gasteiger partial charge in [0.15, 0.2) is 17.0 Å². The Hall–Kier alpha value is -4.32. The van der Waals surface area contributed by atoms with Crippen molar-refractivity contribution >= 4 is 33.8 Å². The second kappa shape index (κ2) is 7.60. The maximum absolute atomic E-state index is 13.6. The number of rotatable bonds is 4. The summed E-state index contributed by atoms with van der Waals surface area (Å²) in [6, 6.07) is 11.4. The van der Waals surface area contributed by atoms with Crippen molar-refractivity contribution in [3.05, 3.63) is 57.7 Å². The van der Waals surface area contributed by atoms with Gasteiger partial charge in [-0.25, -0.2) is 9.78 Å². The lowest BCUT2D eigenvalue weighted by atomic mass is 9.80. The first kappa shape index (κ1) is 21.2. The molecule has 0 aliphatic heterocycles. The van der Waals surface area contributed by atoms with Gasteiger partial charge in [0.2, 0.25) is 0 Å². The van der Waals surface area contributed by atoms with E-state index in [1.54, 1.807) is 12.1 Å². The molecule has 0 bridgehead atoms. The smallest absolute Gasteiger partial charge is 0.404 e. The van der Waals surface area contributed by atoms with Crippen LogP contribution in [-0.4, -0.2) is 26.8 Å². The molecule has 2 fully saturated rings. The highest BCUT2D eigenvalue weighted by Crippen LogP contribution is 2.42. The number of anilines is 1. The number of nitrogens with two attached hydrogens (primary N) is 1. The van der Waals surface area contributed by atoms with Crippen LogP contribution in [0.2, 0.25) is 0 Å². The van der Waals surface area contributed by atoms with Crippen molar-refractivity contribution in [1.82, 2.24) is 14.9 Å². The fourth-order valence-corrected chi connectivity index (χ4v) is 5.17. The van der Waals surface area contributed by atoms with Gasteiger partial charge in [0.25, 0.3) is 5.56 Å². The van der Waals surface area contributed by atoms with E-state index < -0.39 is 6.09 Å². The number of nitriles is 1. The minimum absolute atomic E-state index is 0.0253. The van der Waals surface area contributed by atoms with Crippen LogP contribution in [0.5, 0.6) is 0 Å². The summed E-state index contributed by atoms with van der Waals surface area (Å²) in [5.74, 6) is 0.455. The molecule has 2 aliphatic carbocycles. The summed E-state index contributed by atoms with van der Waals surface area (Å²) in [5, 5.41) is 21.6. The molecule has 0 spiro atoms. The van der Waals surface area contributed by atoms with E-state index in [0.29, 0.717) is 41.1 Å². The number of benzene rings is 2. The van der Waals surface area contributed by atoms with Gasteiger partial charge in [0.05, 0.1) is 11.1 Å². The predicted molar refractivity (Wildman–Crippen MR) is 130 cm³/mol. The van der Waals surface area contributed by atoms with E-state index in [1.807, 2.05) is 29.7 Å². The molecule has 0 atom stereocenters. The van der Waals surface area contributed by atoms with E-state index in [9.17, 15) is 14.9 Å². The lowest BCUT2D eigenvalue weighted by Crippen LogP contribution is -2.42. The molecule has 4 aromatic rings. The third kappa shape index (κ3) is 3.33. The Morgan fingerprint density at radius 3 is 2.74 bits per heavy atom. The first-order valence-corrected chi connectivity index (χ1v) is 11.6. The molecule has 2 aromatic carbocycles. The Labute approximate surface area is 199 Å². The number of aryl methyl sites for hydroxylation is 1. The zero-order chi connectivity index (χ0) is 24.4. The van der Waals surface area contributed by atoms with Crippen LogP contribution in [0.25, 0.3) is 33.1 Å². The van der Waals surface area contributed by atoms with Crippen molar-refractivity contribution in [3.8, 4) is 17.2 Å². The first-order valence-electron chi connectivity index (χ1n) is 11.6. The molecule has 2 saturated carbocycles. The van der Waals surface area contributed by atoms with E-state index in [1.165, 1.54) is 0 Å². The standard InChI is InChI=1S/C26H23N5O4/c1-12-18(13-2-7-20(28)15(8-13)11-27)5-6-19-22(12)31(17-3-4-17)25(32)21-23(19)35-24(30-21)14-9-16(10-14)29-26(33)34/h2,5-8,14,16-17,29H,3-4,9-10,28H2,1H3,(H,33,34). The van der Waals surface area contributed by atoms with Gasteiger partial charge in [-0.3, -0.25) is 4.79 Å². The Kier molecular flexibility index (Phi) is 4.61. The zero-order valence-corrected chi connectivity index (χ0v) is 19.0. The molecule has 9 heteroatoms. The normalized spacial score (nSPS) is 19.4. The van der Waals surface area contributed by atoms with Gasteiger partial charge in [0, 0.05) is 29.1 Å². The Balaban J connectivity index is 1.52. The molecule has 1 amide bonds. The highest BCUT2D eigenvalue weighted by Gasteiger charge is 2.36. The van der Waals surface area contributed by atoms with Crippen LogP contribution in [0.15, 0.2) is 39.5 Å². The maximum atomic E-state index is 13.6. The number of oxazole rings is 1. The molecule has 176 valence electrons. The average Bonchev–Trinajstić information content (AvgIpc) is 3.54. The minimum Gasteiger partial charge on any atom is -0.465 e. The van der Waals surface area contributed by atoms with E-state index in [4.69, 9.17) is 15.3 Å².